The number of phenolic OH excluding ortho intramolecular Hbond substituents is 1. The Morgan fingerprint density at radius 1 is 1.24 bits per heavy atom. The molecular weight excluding hydrogens is 336 g/mol. The van der Waals surface area contributed by atoms with E-state index >= 15 is 0 Å². The van der Waals surface area contributed by atoms with Gasteiger partial charge in [0.15, 0.2) is 5.78 Å². The second-order valence-electron chi connectivity index (χ2n) is 5.35. The first-order valence-corrected chi connectivity index (χ1v) is 8.44. The number of carbonyl (C=O) groups excluding carboxylic acids is 1. The van der Waals surface area contributed by atoms with Gasteiger partial charge in [-0.25, -0.2) is 4.98 Å². The average molecular weight is 352 g/mol. The molecule has 2 aromatic heterocycles. The number of carbonyl (C=O) groups is 1. The molecular formula is C18H16N4O2S. The van der Waals surface area contributed by atoms with E-state index in [0.29, 0.717) is 22.0 Å². The standard InChI is InChI=1S/C18H16N4O2S/c1-11(15-5-3-4-8-19-15)21-22-18-20-16(10-25-18)14-9-13(12(2)23)6-7-17(14)24/h3-10,24H,1-2H3,(H,20,22)/b21-11+. The molecule has 0 aliphatic heterocycles. The number of hydrogen-bond acceptors (Lipinski definition) is 7. The number of phenols is 1. The van der Waals surface area contributed by atoms with Crippen LogP contribution in [0.15, 0.2) is 53.1 Å². The Morgan fingerprint density at radius 3 is 2.80 bits per heavy atom. The van der Waals surface area contributed by atoms with Crippen LogP contribution < -0.4 is 5.43 Å². The highest BCUT2D eigenvalue weighted by Crippen LogP contribution is 2.32. The molecule has 3 aromatic rings. The molecule has 0 aliphatic rings. The highest BCUT2D eigenvalue weighted by Gasteiger charge is 2.11. The zero-order valence-corrected chi connectivity index (χ0v) is 14.5. The van der Waals surface area contributed by atoms with E-state index in [1.165, 1.54) is 24.3 Å². The van der Waals surface area contributed by atoms with Crippen LogP contribution in [-0.4, -0.2) is 26.6 Å². The molecule has 0 saturated carbocycles. The van der Waals surface area contributed by atoms with Gasteiger partial charge in [0.2, 0.25) is 5.13 Å². The predicted molar refractivity (Wildman–Crippen MR) is 99.3 cm³/mol. The number of ketones is 1. The summed E-state index contributed by atoms with van der Waals surface area (Å²) in [5, 5.41) is 16.7. The summed E-state index contributed by atoms with van der Waals surface area (Å²) in [6.07, 6.45) is 1.71. The number of hydrogen-bond donors (Lipinski definition) is 2. The summed E-state index contributed by atoms with van der Waals surface area (Å²) >= 11 is 1.36. The third-order valence-corrected chi connectivity index (χ3v) is 4.28. The van der Waals surface area contributed by atoms with Crippen molar-refractivity contribution < 1.29 is 9.90 Å². The first-order chi connectivity index (χ1) is 12.0. The quantitative estimate of drug-likeness (QED) is 0.412. The zero-order chi connectivity index (χ0) is 17.8. The Kier molecular flexibility index (Phi) is 4.85. The molecule has 0 aliphatic carbocycles. The van der Waals surface area contributed by atoms with Gasteiger partial charge in [0.25, 0.3) is 0 Å². The molecule has 2 heterocycles. The Morgan fingerprint density at radius 2 is 2.08 bits per heavy atom. The van der Waals surface area contributed by atoms with Crippen molar-refractivity contribution in [2.24, 2.45) is 5.10 Å². The third-order valence-electron chi connectivity index (χ3n) is 3.54. The summed E-state index contributed by atoms with van der Waals surface area (Å²) < 4.78 is 0. The Hall–Kier alpha value is -3.06. The number of hydrazone groups is 1. The van der Waals surface area contributed by atoms with Crippen molar-refractivity contribution >= 4 is 28.0 Å². The smallest absolute Gasteiger partial charge is 0.203 e. The number of thiazole rings is 1. The van der Waals surface area contributed by atoms with E-state index in [1.807, 2.05) is 25.1 Å². The Labute approximate surface area is 148 Å². The third kappa shape index (κ3) is 3.89. The summed E-state index contributed by atoms with van der Waals surface area (Å²) in [6, 6.07) is 10.3. The molecule has 3 rings (SSSR count). The Balaban J connectivity index is 1.81. The molecule has 6 nitrogen and oxygen atoms in total. The molecule has 0 amide bonds. The lowest BCUT2D eigenvalue weighted by Crippen LogP contribution is -2.01. The fraction of sp³-hybridized carbons (Fsp3) is 0.111. The van der Waals surface area contributed by atoms with Gasteiger partial charge >= 0.3 is 0 Å². The van der Waals surface area contributed by atoms with E-state index in [9.17, 15) is 9.90 Å². The molecule has 0 spiro atoms. The van der Waals surface area contributed by atoms with Gasteiger partial charge in [-0.2, -0.15) is 5.10 Å². The average Bonchev–Trinajstić information content (AvgIpc) is 3.09. The molecule has 2 N–H and O–H groups in total. The van der Waals surface area contributed by atoms with Gasteiger partial charge in [-0.15, -0.1) is 11.3 Å². The number of nitrogens with zero attached hydrogens (tertiary/aromatic N) is 3. The molecule has 0 radical (unpaired) electrons. The van der Waals surface area contributed by atoms with Crippen molar-refractivity contribution in [2.75, 3.05) is 5.43 Å². The van der Waals surface area contributed by atoms with Crippen molar-refractivity contribution in [3.05, 3.63) is 59.2 Å². The topological polar surface area (TPSA) is 87.5 Å². The largest absolute Gasteiger partial charge is 0.507 e. The normalized spacial score (nSPS) is 11.4. The number of Topliss-reactive ketones (excluding diaryl/α,β-unsaturated/α-hetero) is 1. The fourth-order valence-corrected chi connectivity index (χ4v) is 2.83. The van der Waals surface area contributed by atoms with Crippen molar-refractivity contribution in [3.8, 4) is 17.0 Å². The SMILES string of the molecule is CC(=O)c1ccc(O)c(-c2csc(N/N=C(\C)c3ccccn3)n2)c1. The van der Waals surface area contributed by atoms with E-state index in [1.54, 1.807) is 23.7 Å². The van der Waals surface area contributed by atoms with Gasteiger partial charge < -0.3 is 5.11 Å². The molecule has 126 valence electrons. The van der Waals surface area contributed by atoms with Crippen LogP contribution in [0, 0.1) is 0 Å². The first-order valence-electron chi connectivity index (χ1n) is 7.56. The highest BCUT2D eigenvalue weighted by atomic mass is 32.1. The van der Waals surface area contributed by atoms with Gasteiger partial charge in [0, 0.05) is 22.7 Å². The van der Waals surface area contributed by atoms with E-state index in [4.69, 9.17) is 0 Å². The maximum Gasteiger partial charge on any atom is 0.203 e. The minimum absolute atomic E-state index is 0.0644. The number of anilines is 1. The molecule has 0 saturated heterocycles. The second kappa shape index (κ2) is 7.23. The van der Waals surface area contributed by atoms with Gasteiger partial charge in [-0.3, -0.25) is 15.2 Å². The maximum atomic E-state index is 11.5. The van der Waals surface area contributed by atoms with Gasteiger partial charge in [-0.1, -0.05) is 6.07 Å². The molecule has 0 unspecified atom stereocenters. The van der Waals surface area contributed by atoms with Crippen LogP contribution in [0.3, 0.4) is 0 Å². The van der Waals surface area contributed by atoms with Crippen molar-refractivity contribution in [1.29, 1.82) is 0 Å². The summed E-state index contributed by atoms with van der Waals surface area (Å²) in [5.41, 5.74) is 6.03. The van der Waals surface area contributed by atoms with Gasteiger partial charge in [0.05, 0.1) is 17.1 Å². The van der Waals surface area contributed by atoms with Crippen LogP contribution >= 0.6 is 11.3 Å². The van der Waals surface area contributed by atoms with Crippen LogP contribution in [0.1, 0.15) is 29.9 Å². The summed E-state index contributed by atoms with van der Waals surface area (Å²) in [4.78, 5) is 20.2. The molecule has 1 aromatic carbocycles. The lowest BCUT2D eigenvalue weighted by atomic mass is 10.1. The van der Waals surface area contributed by atoms with Crippen LogP contribution in [0.25, 0.3) is 11.3 Å². The van der Waals surface area contributed by atoms with Crippen molar-refractivity contribution in [1.82, 2.24) is 9.97 Å². The van der Waals surface area contributed by atoms with E-state index in [2.05, 4.69) is 20.5 Å². The second-order valence-corrected chi connectivity index (χ2v) is 6.21. The molecule has 0 atom stereocenters. The van der Waals surface area contributed by atoms with Gasteiger partial charge in [0.1, 0.15) is 5.75 Å². The summed E-state index contributed by atoms with van der Waals surface area (Å²) in [5.74, 6) is 0.0143. The van der Waals surface area contributed by atoms with Crippen molar-refractivity contribution in [2.45, 2.75) is 13.8 Å². The van der Waals surface area contributed by atoms with Crippen LogP contribution in [0.2, 0.25) is 0 Å². The van der Waals surface area contributed by atoms with Crippen LogP contribution in [0.4, 0.5) is 5.13 Å². The molecule has 0 bridgehead atoms. The number of aromatic nitrogens is 2. The summed E-state index contributed by atoms with van der Waals surface area (Å²) in [6.45, 7) is 3.34. The zero-order valence-electron chi connectivity index (χ0n) is 13.7. The van der Waals surface area contributed by atoms with E-state index in [-0.39, 0.29) is 11.5 Å². The number of rotatable bonds is 5. The lowest BCUT2D eigenvalue weighted by Gasteiger charge is -2.03. The maximum absolute atomic E-state index is 11.5. The molecule has 0 fully saturated rings. The van der Waals surface area contributed by atoms with Crippen LogP contribution in [-0.2, 0) is 0 Å². The number of aromatic hydroxyl groups is 1. The minimum Gasteiger partial charge on any atom is -0.507 e. The number of nitrogens with one attached hydrogen (secondary N) is 1. The minimum atomic E-state index is -0.0644. The summed E-state index contributed by atoms with van der Waals surface area (Å²) in [7, 11) is 0. The predicted octanol–water partition coefficient (Wildman–Crippen LogP) is 3.95. The Bertz CT molecular complexity index is 935. The number of pyridine rings is 1. The van der Waals surface area contributed by atoms with Crippen LogP contribution in [0.5, 0.6) is 5.75 Å². The van der Waals surface area contributed by atoms with E-state index < -0.39 is 0 Å². The molecule has 25 heavy (non-hydrogen) atoms. The van der Waals surface area contributed by atoms with Gasteiger partial charge in [-0.05, 0) is 44.2 Å². The van der Waals surface area contributed by atoms with E-state index in [0.717, 1.165) is 11.4 Å². The highest BCUT2D eigenvalue weighted by molar-refractivity contribution is 7.14. The molecule has 7 heteroatoms. The fourth-order valence-electron chi connectivity index (χ4n) is 2.17. The number of benzene rings is 1. The lowest BCUT2D eigenvalue weighted by molar-refractivity contribution is 0.101. The monoisotopic (exact) mass is 352 g/mol. The van der Waals surface area contributed by atoms with Crippen molar-refractivity contribution in [3.63, 3.8) is 0 Å². The first kappa shape index (κ1) is 16.8.